The molecule has 0 aliphatic heterocycles. The lowest BCUT2D eigenvalue weighted by molar-refractivity contribution is -0.130. The Kier molecular flexibility index (Phi) is 12.5. The van der Waals surface area contributed by atoms with Gasteiger partial charge in [-0.05, 0) is 56.2 Å². The van der Waals surface area contributed by atoms with Gasteiger partial charge in [-0.15, -0.1) is 24.0 Å². The number of nitrogens with one attached hydrogen (secondary N) is 2. The van der Waals surface area contributed by atoms with Crippen LogP contribution in [-0.4, -0.2) is 56.7 Å². The molecule has 32 heavy (non-hydrogen) atoms. The van der Waals surface area contributed by atoms with Crippen molar-refractivity contribution in [2.24, 2.45) is 4.99 Å². The third kappa shape index (κ3) is 10.2. The molecule has 0 bridgehead atoms. The molecule has 8 heteroatoms. The number of benzene rings is 2. The first kappa shape index (κ1) is 27.5. The first-order valence-corrected chi connectivity index (χ1v) is 10.5. The van der Waals surface area contributed by atoms with Gasteiger partial charge in [0.25, 0.3) is 5.91 Å². The molecule has 2 rings (SSSR count). The molecule has 0 aliphatic carbocycles. The highest BCUT2D eigenvalue weighted by atomic mass is 127. The maximum atomic E-state index is 11.7. The highest BCUT2D eigenvalue weighted by Crippen LogP contribution is 2.15. The Hall–Kier alpha value is -2.49. The van der Waals surface area contributed by atoms with E-state index in [-0.39, 0.29) is 42.6 Å². The molecule has 1 amide bonds. The molecule has 2 aromatic rings. The quantitative estimate of drug-likeness (QED) is 0.267. The number of amides is 1. The lowest BCUT2D eigenvalue weighted by Gasteiger charge is -2.18. The Morgan fingerprint density at radius 2 is 1.81 bits per heavy atom. The van der Waals surface area contributed by atoms with Crippen LogP contribution in [0.2, 0.25) is 0 Å². The lowest BCUT2D eigenvalue weighted by Crippen LogP contribution is -2.41. The van der Waals surface area contributed by atoms with Crippen LogP contribution < -0.4 is 20.1 Å². The molecule has 0 saturated heterocycles. The van der Waals surface area contributed by atoms with Crippen LogP contribution >= 0.6 is 24.0 Å². The summed E-state index contributed by atoms with van der Waals surface area (Å²) in [7, 11) is 3.41. The van der Waals surface area contributed by atoms with Crippen molar-refractivity contribution in [3.05, 3.63) is 59.7 Å². The van der Waals surface area contributed by atoms with Crippen molar-refractivity contribution >= 4 is 35.8 Å². The Labute approximate surface area is 208 Å². The van der Waals surface area contributed by atoms with E-state index in [1.54, 1.807) is 14.1 Å². The van der Waals surface area contributed by atoms with Gasteiger partial charge in [0.05, 0.1) is 13.1 Å². The van der Waals surface area contributed by atoms with E-state index in [9.17, 15) is 4.79 Å². The highest BCUT2D eigenvalue weighted by Gasteiger charge is 2.07. The van der Waals surface area contributed by atoms with Crippen LogP contribution in [0, 0.1) is 6.92 Å². The molecule has 0 aliphatic rings. The van der Waals surface area contributed by atoms with E-state index in [1.165, 1.54) is 10.5 Å². The van der Waals surface area contributed by atoms with Crippen LogP contribution in [0.15, 0.2) is 53.5 Å². The number of rotatable bonds is 10. The van der Waals surface area contributed by atoms with Crippen LogP contribution in [0.5, 0.6) is 11.5 Å². The molecule has 7 nitrogen and oxygen atoms in total. The molecular weight excluding hydrogens is 519 g/mol. The average Bonchev–Trinajstić information content (AvgIpc) is 2.74. The molecule has 1 unspecified atom stereocenters. The van der Waals surface area contributed by atoms with E-state index in [2.05, 4.69) is 15.6 Å². The van der Waals surface area contributed by atoms with Crippen molar-refractivity contribution in [1.29, 1.82) is 0 Å². The third-order valence-electron chi connectivity index (χ3n) is 4.41. The predicted molar refractivity (Wildman–Crippen MR) is 140 cm³/mol. The summed E-state index contributed by atoms with van der Waals surface area (Å²) >= 11 is 0. The highest BCUT2D eigenvalue weighted by molar-refractivity contribution is 14.0. The molecule has 0 aromatic heterocycles. The monoisotopic (exact) mass is 554 g/mol. The van der Waals surface area contributed by atoms with Gasteiger partial charge in [-0.2, -0.15) is 0 Å². The van der Waals surface area contributed by atoms with Gasteiger partial charge in [0, 0.05) is 20.6 Å². The summed E-state index contributed by atoms with van der Waals surface area (Å²) < 4.78 is 11.6. The minimum atomic E-state index is -0.0796. The number of aryl methyl sites for hydroxylation is 1. The van der Waals surface area contributed by atoms with Crippen molar-refractivity contribution in [2.45, 2.75) is 33.4 Å². The standard InChI is InChI=1S/C24H34N4O3.HI/c1-6-25-24(26-15-19(3)31-22-12-7-9-18(2)13-22)27-16-20-10-8-11-21(14-20)30-17-23(29)28(4)5;/h7-14,19H,6,15-17H2,1-5H3,(H2,25,26,27);1H. The van der Waals surface area contributed by atoms with Crippen LogP contribution in [-0.2, 0) is 11.3 Å². The van der Waals surface area contributed by atoms with Gasteiger partial charge >= 0.3 is 0 Å². The Morgan fingerprint density at radius 1 is 1.09 bits per heavy atom. The van der Waals surface area contributed by atoms with E-state index >= 15 is 0 Å². The van der Waals surface area contributed by atoms with Gasteiger partial charge in [0.1, 0.15) is 17.6 Å². The fourth-order valence-corrected chi connectivity index (χ4v) is 2.72. The van der Waals surface area contributed by atoms with Crippen LogP contribution in [0.25, 0.3) is 0 Å². The number of nitrogens with zero attached hydrogens (tertiary/aromatic N) is 2. The number of carbonyl (C=O) groups is 1. The molecular formula is C24H35IN4O3. The average molecular weight is 554 g/mol. The van der Waals surface area contributed by atoms with Crippen molar-refractivity contribution in [2.75, 3.05) is 33.8 Å². The number of likely N-dealkylation sites (N-methyl/N-ethyl adjacent to an activating group) is 1. The van der Waals surface area contributed by atoms with Crippen LogP contribution in [0.4, 0.5) is 0 Å². The zero-order chi connectivity index (χ0) is 22.6. The van der Waals surface area contributed by atoms with Gasteiger partial charge < -0.3 is 25.0 Å². The summed E-state index contributed by atoms with van der Waals surface area (Å²) in [6.45, 7) is 7.98. The Bertz CT molecular complexity index is 874. The van der Waals surface area contributed by atoms with E-state index in [0.717, 1.165) is 23.8 Å². The summed E-state index contributed by atoms with van der Waals surface area (Å²) in [6.07, 6.45) is -0.0170. The zero-order valence-electron chi connectivity index (χ0n) is 19.6. The van der Waals surface area contributed by atoms with Crippen molar-refractivity contribution in [1.82, 2.24) is 15.5 Å². The van der Waals surface area contributed by atoms with Gasteiger partial charge in [-0.3, -0.25) is 4.79 Å². The second-order valence-electron chi connectivity index (χ2n) is 7.55. The van der Waals surface area contributed by atoms with Gasteiger partial charge in [-0.1, -0.05) is 24.3 Å². The predicted octanol–water partition coefficient (Wildman–Crippen LogP) is 3.60. The minimum absolute atomic E-state index is 0. The minimum Gasteiger partial charge on any atom is -0.489 e. The summed E-state index contributed by atoms with van der Waals surface area (Å²) in [5.41, 5.74) is 2.17. The lowest BCUT2D eigenvalue weighted by atomic mass is 10.2. The summed E-state index contributed by atoms with van der Waals surface area (Å²) in [5, 5.41) is 6.58. The number of hydrogen-bond acceptors (Lipinski definition) is 4. The second kappa shape index (κ2) is 14.5. The van der Waals surface area contributed by atoms with Crippen LogP contribution in [0.1, 0.15) is 25.0 Å². The maximum absolute atomic E-state index is 11.7. The van der Waals surface area contributed by atoms with E-state index in [4.69, 9.17) is 9.47 Å². The number of aliphatic imine (C=N–C) groups is 1. The number of carbonyl (C=O) groups excluding carboxylic acids is 1. The Balaban J connectivity index is 0.00000512. The van der Waals surface area contributed by atoms with E-state index < -0.39 is 0 Å². The van der Waals surface area contributed by atoms with E-state index in [0.29, 0.717) is 18.8 Å². The molecule has 2 N–H and O–H groups in total. The largest absolute Gasteiger partial charge is 0.489 e. The van der Waals surface area contributed by atoms with Crippen molar-refractivity contribution in [3.63, 3.8) is 0 Å². The molecule has 0 spiro atoms. The summed E-state index contributed by atoms with van der Waals surface area (Å²) in [4.78, 5) is 17.9. The fourth-order valence-electron chi connectivity index (χ4n) is 2.72. The molecule has 0 radical (unpaired) electrons. The molecule has 0 heterocycles. The smallest absolute Gasteiger partial charge is 0.259 e. The molecule has 0 saturated carbocycles. The second-order valence-corrected chi connectivity index (χ2v) is 7.55. The van der Waals surface area contributed by atoms with E-state index in [1.807, 2.05) is 69.3 Å². The number of ether oxygens (including phenoxy) is 2. The number of guanidine groups is 1. The van der Waals surface area contributed by atoms with Gasteiger partial charge in [-0.25, -0.2) is 4.99 Å². The molecule has 1 atom stereocenters. The van der Waals surface area contributed by atoms with Crippen LogP contribution in [0.3, 0.4) is 0 Å². The van der Waals surface area contributed by atoms with Gasteiger partial charge in [0.15, 0.2) is 12.6 Å². The molecule has 0 fully saturated rings. The first-order valence-electron chi connectivity index (χ1n) is 10.5. The number of hydrogen-bond donors (Lipinski definition) is 2. The maximum Gasteiger partial charge on any atom is 0.259 e. The summed E-state index contributed by atoms with van der Waals surface area (Å²) in [5.74, 6) is 2.15. The molecule has 2 aromatic carbocycles. The first-order chi connectivity index (χ1) is 14.9. The summed E-state index contributed by atoms with van der Waals surface area (Å²) in [6, 6.07) is 15.6. The Morgan fingerprint density at radius 3 is 2.50 bits per heavy atom. The van der Waals surface area contributed by atoms with Crippen molar-refractivity contribution < 1.29 is 14.3 Å². The normalized spacial score (nSPS) is 11.7. The SMILES string of the molecule is CCNC(=NCc1cccc(OCC(=O)N(C)C)c1)NCC(C)Oc1cccc(C)c1.I. The third-order valence-corrected chi connectivity index (χ3v) is 4.41. The van der Waals surface area contributed by atoms with Crippen molar-refractivity contribution in [3.8, 4) is 11.5 Å². The van der Waals surface area contributed by atoms with Gasteiger partial charge in [0.2, 0.25) is 0 Å². The molecule has 176 valence electrons. The number of halogens is 1. The topological polar surface area (TPSA) is 75.2 Å². The zero-order valence-corrected chi connectivity index (χ0v) is 21.9. The fraction of sp³-hybridized carbons (Fsp3) is 0.417.